The van der Waals surface area contributed by atoms with Crippen molar-refractivity contribution in [3.8, 4) is 0 Å². The summed E-state index contributed by atoms with van der Waals surface area (Å²) in [5.74, 6) is -4.16. The molecule has 18 heteroatoms. The molecule has 14 nitrogen and oxygen atoms in total. The molecule has 0 heterocycles. The summed E-state index contributed by atoms with van der Waals surface area (Å²) >= 11 is 6.79. The first kappa shape index (κ1) is 47.7. The first-order valence-electron chi connectivity index (χ1n) is 15.9. The highest BCUT2D eigenvalue weighted by Crippen LogP contribution is 2.42. The summed E-state index contributed by atoms with van der Waals surface area (Å²) in [5, 5.41) is 0.211. The van der Waals surface area contributed by atoms with Crippen molar-refractivity contribution in [3.05, 3.63) is 0 Å². The van der Waals surface area contributed by atoms with Crippen molar-refractivity contribution < 1.29 is 64.1 Å². The highest BCUT2D eigenvalue weighted by Gasteiger charge is 2.46. The Bertz CT molecular complexity index is 1350. The fourth-order valence-corrected chi connectivity index (χ4v) is 6.41. The van der Waals surface area contributed by atoms with Crippen LogP contribution in [0.1, 0.15) is 88.0 Å². The van der Waals surface area contributed by atoms with Gasteiger partial charge in [-0.05, 0) is 79.1 Å². The van der Waals surface area contributed by atoms with Gasteiger partial charge in [0, 0.05) is 10.2 Å². The molecule has 288 valence electrons. The number of rotatable bonds is 23. The van der Waals surface area contributed by atoms with E-state index in [4.69, 9.17) is 28.1 Å². The summed E-state index contributed by atoms with van der Waals surface area (Å²) in [6, 6.07) is 0. The molecule has 0 fully saturated rings. The van der Waals surface area contributed by atoms with Crippen molar-refractivity contribution in [2.75, 3.05) is 43.3 Å². The molecule has 5 unspecified atom stereocenters. The van der Waals surface area contributed by atoms with Crippen molar-refractivity contribution in [2.24, 2.45) is 33.5 Å². The van der Waals surface area contributed by atoms with Crippen LogP contribution in [0.2, 0.25) is 0 Å². The zero-order valence-electron chi connectivity index (χ0n) is 29.9. The normalized spacial score (nSPS) is 17.1. The van der Waals surface area contributed by atoms with Gasteiger partial charge in [0.1, 0.15) is 13.2 Å². The van der Waals surface area contributed by atoms with Gasteiger partial charge in [-0.3, -0.25) is 28.3 Å². The number of hydrogen-bond acceptors (Lipinski definition) is 12. The van der Waals surface area contributed by atoms with Gasteiger partial charge in [0.25, 0.3) is 20.2 Å². The quantitative estimate of drug-likeness (QED) is 0.0454. The van der Waals surface area contributed by atoms with Gasteiger partial charge < -0.3 is 18.9 Å². The highest BCUT2D eigenvalue weighted by molar-refractivity contribution is 9.09. The maximum absolute atomic E-state index is 13.1. The third-order valence-corrected chi connectivity index (χ3v) is 13.1. The third kappa shape index (κ3) is 15.8. The average Bonchev–Trinajstić information content (AvgIpc) is 2.97. The van der Waals surface area contributed by atoms with E-state index in [-0.39, 0.29) is 68.2 Å². The van der Waals surface area contributed by atoms with Crippen LogP contribution in [0.15, 0.2) is 0 Å². The van der Waals surface area contributed by atoms with E-state index in [9.17, 15) is 36.0 Å². The summed E-state index contributed by atoms with van der Waals surface area (Å²) in [6.45, 7) is 14.5. The summed E-state index contributed by atoms with van der Waals surface area (Å²) in [5.41, 5.74) is -4.25. The zero-order valence-corrected chi connectivity index (χ0v) is 34.7. The van der Waals surface area contributed by atoms with Gasteiger partial charge in [-0.25, -0.2) is 0 Å². The molecule has 0 aromatic rings. The molecule has 0 aliphatic rings. The Morgan fingerprint density at radius 3 is 1.31 bits per heavy atom. The fourth-order valence-electron chi connectivity index (χ4n) is 4.62. The molecule has 0 aromatic heterocycles. The highest BCUT2D eigenvalue weighted by atomic mass is 79.9. The van der Waals surface area contributed by atoms with Gasteiger partial charge in [-0.2, -0.15) is 16.8 Å². The van der Waals surface area contributed by atoms with E-state index in [0.717, 1.165) is 0 Å². The van der Waals surface area contributed by atoms with Crippen molar-refractivity contribution in [1.82, 2.24) is 0 Å². The molecule has 2 N–H and O–H groups in total. The number of esters is 4. The lowest BCUT2D eigenvalue weighted by Crippen LogP contribution is -2.43. The number of hydrogen-bond donors (Lipinski definition) is 2. The van der Waals surface area contributed by atoms with Gasteiger partial charge in [-0.15, -0.1) is 0 Å². The topological polar surface area (TPSA) is 214 Å². The SMILES string of the molecule is CC(CC(C)(CBr)C(=O)OCCCS(=O)(=O)O)C(C)(C)C(=O)OCCOC(=O)C(C)(C)C(C)CC(C)(C(=O)OCCCS(=O)(=O)O)C(C)Br. The molecule has 0 rings (SSSR count). The van der Waals surface area contributed by atoms with E-state index in [0.29, 0.717) is 0 Å². The average molecular weight is 875 g/mol. The maximum Gasteiger partial charge on any atom is 0.312 e. The Morgan fingerprint density at radius 2 is 0.959 bits per heavy atom. The molecule has 0 amide bonds. The number of carbonyl (C=O) groups is 4. The minimum atomic E-state index is -4.18. The second kappa shape index (κ2) is 19.5. The van der Waals surface area contributed by atoms with Gasteiger partial charge in [-0.1, -0.05) is 52.6 Å². The van der Waals surface area contributed by atoms with Gasteiger partial charge in [0.2, 0.25) is 0 Å². The van der Waals surface area contributed by atoms with Gasteiger partial charge in [0.05, 0.1) is 46.4 Å². The van der Waals surface area contributed by atoms with Crippen LogP contribution in [0.4, 0.5) is 0 Å². The Labute approximate surface area is 308 Å². The first-order valence-corrected chi connectivity index (χ1v) is 21.1. The largest absolute Gasteiger partial charge is 0.465 e. The summed E-state index contributed by atoms with van der Waals surface area (Å²) in [4.78, 5) is 51.6. The lowest BCUT2D eigenvalue weighted by molar-refractivity contribution is -0.168. The monoisotopic (exact) mass is 872 g/mol. The van der Waals surface area contributed by atoms with Crippen molar-refractivity contribution in [2.45, 2.75) is 92.8 Å². The lowest BCUT2D eigenvalue weighted by Gasteiger charge is -2.38. The lowest BCUT2D eigenvalue weighted by atomic mass is 9.69. The van der Waals surface area contributed by atoms with Crippen LogP contribution in [-0.2, 0) is 58.4 Å². The fraction of sp³-hybridized carbons (Fsp3) is 0.871. The van der Waals surface area contributed by atoms with E-state index in [2.05, 4.69) is 31.9 Å². The van der Waals surface area contributed by atoms with Crippen molar-refractivity contribution in [1.29, 1.82) is 0 Å². The molecular formula is C31H54Br2O14S2. The van der Waals surface area contributed by atoms with E-state index >= 15 is 0 Å². The maximum atomic E-state index is 13.1. The van der Waals surface area contributed by atoms with E-state index in [1.165, 1.54) is 0 Å². The molecule has 5 atom stereocenters. The summed E-state index contributed by atoms with van der Waals surface area (Å²) in [6.07, 6.45) is 0.305. The van der Waals surface area contributed by atoms with Crippen LogP contribution >= 0.6 is 31.9 Å². The van der Waals surface area contributed by atoms with Crippen LogP contribution in [0, 0.1) is 33.5 Å². The van der Waals surface area contributed by atoms with E-state index in [1.807, 2.05) is 0 Å². The standard InChI is InChI=1S/C31H54Br2O14S2/c1-21(18-30(8,20-32)26(36)44-12-10-16-48(38,39)40)28(4,5)24(34)46-14-15-47-25(35)29(6,7)22(2)19-31(9,23(3)33)27(37)45-13-11-17-49(41,42)43/h21-23H,10-20H2,1-9H3,(H,38,39,40)(H,41,42,43). The Kier molecular flexibility index (Phi) is 19.0. The van der Waals surface area contributed by atoms with E-state index in [1.54, 1.807) is 62.3 Å². The first-order chi connectivity index (χ1) is 22.1. The molecule has 0 radical (unpaired) electrons. The van der Waals surface area contributed by atoms with Crippen LogP contribution in [0.25, 0.3) is 0 Å². The second-order valence-corrected chi connectivity index (χ2v) is 19.3. The van der Waals surface area contributed by atoms with Crippen molar-refractivity contribution in [3.63, 3.8) is 0 Å². The zero-order chi connectivity index (χ0) is 38.6. The number of alkyl halides is 2. The van der Waals surface area contributed by atoms with Gasteiger partial charge in [0.15, 0.2) is 0 Å². The van der Waals surface area contributed by atoms with Gasteiger partial charge >= 0.3 is 23.9 Å². The second-order valence-electron chi connectivity index (χ2n) is 14.2. The van der Waals surface area contributed by atoms with Crippen molar-refractivity contribution >= 4 is 76.0 Å². The third-order valence-electron chi connectivity index (χ3n) is 9.24. The molecule has 0 saturated carbocycles. The Balaban J connectivity index is 5.16. The van der Waals surface area contributed by atoms with Crippen LogP contribution < -0.4 is 0 Å². The molecule has 0 spiro atoms. The predicted octanol–water partition coefficient (Wildman–Crippen LogP) is 5.01. The van der Waals surface area contributed by atoms with E-state index < -0.39 is 83.2 Å². The predicted molar refractivity (Wildman–Crippen MR) is 189 cm³/mol. The summed E-state index contributed by atoms with van der Waals surface area (Å²) in [7, 11) is -8.35. The van der Waals surface area contributed by atoms with Crippen LogP contribution in [-0.4, -0.2) is 97.9 Å². The number of carbonyl (C=O) groups excluding carboxylic acids is 4. The molecule has 0 aliphatic carbocycles. The minimum Gasteiger partial charge on any atom is -0.465 e. The number of halogens is 2. The Morgan fingerprint density at radius 1 is 0.612 bits per heavy atom. The molecule has 0 aromatic carbocycles. The minimum absolute atomic E-state index is 0.0644. The molecule has 0 bridgehead atoms. The summed E-state index contributed by atoms with van der Waals surface area (Å²) < 4.78 is 82.8. The number of ether oxygens (including phenoxy) is 4. The Hall–Kier alpha value is -1.34. The molecule has 0 aliphatic heterocycles. The smallest absolute Gasteiger partial charge is 0.312 e. The molecular weight excluding hydrogens is 820 g/mol. The van der Waals surface area contributed by atoms with Crippen LogP contribution in [0.3, 0.4) is 0 Å². The molecule has 49 heavy (non-hydrogen) atoms. The molecule has 0 saturated heterocycles. The van der Waals surface area contributed by atoms with Crippen LogP contribution in [0.5, 0.6) is 0 Å².